The lowest BCUT2D eigenvalue weighted by Crippen LogP contribution is -2.51. The predicted molar refractivity (Wildman–Crippen MR) is 68.8 cm³/mol. The highest BCUT2D eigenvalue weighted by Crippen LogP contribution is 2.19. The van der Waals surface area contributed by atoms with Gasteiger partial charge in [0.1, 0.15) is 6.04 Å². The second kappa shape index (κ2) is 6.73. The lowest BCUT2D eigenvalue weighted by Gasteiger charge is -2.30. The van der Waals surface area contributed by atoms with E-state index in [2.05, 4.69) is 5.32 Å². The van der Waals surface area contributed by atoms with Gasteiger partial charge in [0.15, 0.2) is 0 Å². The maximum Gasteiger partial charge on any atom is 0.243 e. The number of hydrogen-bond donors (Lipinski definition) is 2. The molecule has 18 heavy (non-hydrogen) atoms. The zero-order valence-electron chi connectivity index (χ0n) is 11.5. The maximum absolute atomic E-state index is 12.2. The van der Waals surface area contributed by atoms with Crippen molar-refractivity contribution in [2.75, 3.05) is 19.7 Å². The number of amides is 2. The summed E-state index contributed by atoms with van der Waals surface area (Å²) in [5.74, 6) is 0.0899. The average Bonchev–Trinajstić information content (AvgIpc) is 2.72. The van der Waals surface area contributed by atoms with Gasteiger partial charge in [-0.1, -0.05) is 20.8 Å². The Morgan fingerprint density at radius 2 is 2.11 bits per heavy atom. The van der Waals surface area contributed by atoms with Gasteiger partial charge in [-0.25, -0.2) is 0 Å². The molecule has 1 aliphatic rings. The SMILES string of the molecule is CC(CO)CNC(=O)C(C(C)C)N1CCCC1=O. The summed E-state index contributed by atoms with van der Waals surface area (Å²) in [6.07, 6.45) is 1.38. The Labute approximate surface area is 109 Å². The third-order valence-corrected chi connectivity index (χ3v) is 3.28. The van der Waals surface area contributed by atoms with Crippen LogP contribution in [0.1, 0.15) is 33.6 Å². The molecule has 1 fully saturated rings. The van der Waals surface area contributed by atoms with Crippen LogP contribution in [0.5, 0.6) is 0 Å². The van der Waals surface area contributed by atoms with E-state index in [0.29, 0.717) is 19.5 Å². The van der Waals surface area contributed by atoms with Crippen LogP contribution in [0.15, 0.2) is 0 Å². The van der Waals surface area contributed by atoms with E-state index in [1.807, 2.05) is 20.8 Å². The number of carbonyl (C=O) groups is 2. The van der Waals surface area contributed by atoms with Gasteiger partial charge in [0, 0.05) is 26.1 Å². The summed E-state index contributed by atoms with van der Waals surface area (Å²) in [5.41, 5.74) is 0. The number of aliphatic hydroxyl groups is 1. The minimum atomic E-state index is -0.383. The van der Waals surface area contributed by atoms with Crippen molar-refractivity contribution in [3.05, 3.63) is 0 Å². The number of nitrogens with one attached hydrogen (secondary N) is 1. The van der Waals surface area contributed by atoms with E-state index in [4.69, 9.17) is 5.11 Å². The largest absolute Gasteiger partial charge is 0.396 e. The summed E-state index contributed by atoms with van der Waals surface area (Å²) in [4.78, 5) is 25.6. The molecule has 0 aromatic heterocycles. The highest BCUT2D eigenvalue weighted by Gasteiger charge is 2.34. The zero-order valence-corrected chi connectivity index (χ0v) is 11.5. The average molecular weight is 256 g/mol. The van der Waals surface area contributed by atoms with Crippen LogP contribution in [0.25, 0.3) is 0 Å². The normalized spacial score (nSPS) is 19.2. The first-order chi connectivity index (χ1) is 8.47. The van der Waals surface area contributed by atoms with Gasteiger partial charge in [0.2, 0.25) is 11.8 Å². The van der Waals surface area contributed by atoms with Gasteiger partial charge in [-0.3, -0.25) is 9.59 Å². The summed E-state index contributed by atoms with van der Waals surface area (Å²) in [7, 11) is 0. The van der Waals surface area contributed by atoms with Crippen LogP contribution >= 0.6 is 0 Å². The van der Waals surface area contributed by atoms with Crippen molar-refractivity contribution in [3.8, 4) is 0 Å². The third-order valence-electron chi connectivity index (χ3n) is 3.28. The summed E-state index contributed by atoms with van der Waals surface area (Å²) < 4.78 is 0. The molecule has 2 N–H and O–H groups in total. The van der Waals surface area contributed by atoms with Crippen molar-refractivity contribution >= 4 is 11.8 Å². The minimum absolute atomic E-state index is 0.0380. The Morgan fingerprint density at radius 3 is 2.56 bits per heavy atom. The van der Waals surface area contributed by atoms with E-state index in [9.17, 15) is 9.59 Å². The van der Waals surface area contributed by atoms with Crippen LogP contribution in [-0.2, 0) is 9.59 Å². The van der Waals surface area contributed by atoms with E-state index >= 15 is 0 Å². The zero-order chi connectivity index (χ0) is 13.7. The number of nitrogens with zero attached hydrogens (tertiary/aromatic N) is 1. The molecule has 0 radical (unpaired) electrons. The van der Waals surface area contributed by atoms with Crippen molar-refractivity contribution < 1.29 is 14.7 Å². The summed E-state index contributed by atoms with van der Waals surface area (Å²) in [5, 5.41) is 11.8. The topological polar surface area (TPSA) is 69.6 Å². The van der Waals surface area contributed by atoms with E-state index in [0.717, 1.165) is 6.42 Å². The fraction of sp³-hybridized carbons (Fsp3) is 0.846. The fourth-order valence-electron chi connectivity index (χ4n) is 2.21. The Balaban J connectivity index is 2.61. The van der Waals surface area contributed by atoms with Gasteiger partial charge in [0.05, 0.1) is 0 Å². The molecule has 5 heteroatoms. The molecule has 2 atom stereocenters. The molecule has 1 heterocycles. The van der Waals surface area contributed by atoms with Crippen LogP contribution < -0.4 is 5.32 Å². The van der Waals surface area contributed by atoms with Gasteiger partial charge in [-0.2, -0.15) is 0 Å². The molecular weight excluding hydrogens is 232 g/mol. The van der Waals surface area contributed by atoms with Crippen molar-refractivity contribution in [2.45, 2.75) is 39.7 Å². The van der Waals surface area contributed by atoms with Gasteiger partial charge < -0.3 is 15.3 Å². The molecule has 2 amide bonds. The lowest BCUT2D eigenvalue weighted by molar-refractivity contribution is -0.139. The molecule has 5 nitrogen and oxygen atoms in total. The minimum Gasteiger partial charge on any atom is -0.396 e. The van der Waals surface area contributed by atoms with Crippen LogP contribution in [0.2, 0.25) is 0 Å². The first kappa shape index (κ1) is 15.0. The highest BCUT2D eigenvalue weighted by atomic mass is 16.3. The Hall–Kier alpha value is -1.10. The van der Waals surface area contributed by atoms with E-state index in [1.54, 1.807) is 4.90 Å². The second-order valence-corrected chi connectivity index (χ2v) is 5.41. The van der Waals surface area contributed by atoms with Crippen LogP contribution in [0.4, 0.5) is 0 Å². The molecule has 0 bridgehead atoms. The predicted octanol–water partition coefficient (Wildman–Crippen LogP) is 0.378. The first-order valence-corrected chi connectivity index (χ1v) is 6.65. The Morgan fingerprint density at radius 1 is 1.44 bits per heavy atom. The van der Waals surface area contributed by atoms with Crippen LogP contribution in [-0.4, -0.2) is 47.6 Å². The second-order valence-electron chi connectivity index (χ2n) is 5.41. The molecule has 2 unspecified atom stereocenters. The van der Waals surface area contributed by atoms with E-state index in [-0.39, 0.29) is 36.3 Å². The number of aliphatic hydroxyl groups excluding tert-OH is 1. The maximum atomic E-state index is 12.2. The molecule has 1 aliphatic heterocycles. The molecule has 0 spiro atoms. The lowest BCUT2D eigenvalue weighted by atomic mass is 10.0. The first-order valence-electron chi connectivity index (χ1n) is 6.65. The fourth-order valence-corrected chi connectivity index (χ4v) is 2.21. The molecule has 1 rings (SSSR count). The quantitative estimate of drug-likeness (QED) is 0.722. The van der Waals surface area contributed by atoms with Gasteiger partial charge in [0.25, 0.3) is 0 Å². The Kier molecular flexibility index (Phi) is 5.59. The standard InChI is InChI=1S/C13H24N2O3/c1-9(2)12(15-6-4-5-11(15)17)13(18)14-7-10(3)8-16/h9-10,12,16H,4-8H2,1-3H3,(H,14,18). The summed E-state index contributed by atoms with van der Waals surface area (Å²) in [6, 6.07) is -0.383. The van der Waals surface area contributed by atoms with Crippen molar-refractivity contribution in [1.29, 1.82) is 0 Å². The molecule has 0 saturated carbocycles. The molecule has 1 saturated heterocycles. The van der Waals surface area contributed by atoms with Crippen LogP contribution in [0, 0.1) is 11.8 Å². The van der Waals surface area contributed by atoms with Crippen LogP contribution in [0.3, 0.4) is 0 Å². The van der Waals surface area contributed by atoms with Crippen molar-refractivity contribution in [3.63, 3.8) is 0 Å². The van der Waals surface area contributed by atoms with Gasteiger partial charge in [-0.05, 0) is 18.3 Å². The van der Waals surface area contributed by atoms with E-state index < -0.39 is 0 Å². The Bertz CT molecular complexity index is 305. The molecule has 0 aliphatic carbocycles. The number of hydrogen-bond acceptors (Lipinski definition) is 3. The monoisotopic (exact) mass is 256 g/mol. The van der Waals surface area contributed by atoms with Crippen molar-refractivity contribution in [1.82, 2.24) is 10.2 Å². The third kappa shape index (κ3) is 3.70. The molecule has 0 aromatic carbocycles. The molecular formula is C13H24N2O3. The smallest absolute Gasteiger partial charge is 0.243 e. The van der Waals surface area contributed by atoms with Gasteiger partial charge >= 0.3 is 0 Å². The molecule has 0 aromatic rings. The number of carbonyl (C=O) groups excluding carboxylic acids is 2. The number of likely N-dealkylation sites (tertiary alicyclic amines) is 1. The van der Waals surface area contributed by atoms with E-state index in [1.165, 1.54) is 0 Å². The summed E-state index contributed by atoms with van der Waals surface area (Å²) >= 11 is 0. The number of rotatable bonds is 6. The van der Waals surface area contributed by atoms with Crippen molar-refractivity contribution in [2.24, 2.45) is 11.8 Å². The van der Waals surface area contributed by atoms with Gasteiger partial charge in [-0.15, -0.1) is 0 Å². The summed E-state index contributed by atoms with van der Waals surface area (Å²) in [6.45, 7) is 6.93. The molecule has 104 valence electrons. The highest BCUT2D eigenvalue weighted by molar-refractivity contribution is 5.88.